The first kappa shape index (κ1) is 20.5. The molecule has 10 heteroatoms. The second-order valence-corrected chi connectivity index (χ2v) is 6.32. The first-order chi connectivity index (χ1) is 14.3. The zero-order valence-corrected chi connectivity index (χ0v) is 15.7. The summed E-state index contributed by atoms with van der Waals surface area (Å²) in [6, 6.07) is 8.57. The number of carbonyl (C=O) groups excluding carboxylic acids is 2. The number of hydrogen-bond donors (Lipinski definition) is 2. The Kier molecular flexibility index (Phi) is 5.48. The molecule has 0 saturated heterocycles. The number of nitro groups is 1. The summed E-state index contributed by atoms with van der Waals surface area (Å²) in [6.07, 6.45) is 1.35. The molecule has 0 bridgehead atoms. The van der Waals surface area contributed by atoms with Crippen LogP contribution in [0, 0.1) is 21.4 Å². The molecule has 0 saturated carbocycles. The van der Waals surface area contributed by atoms with Crippen LogP contribution in [0.1, 0.15) is 12.7 Å². The van der Waals surface area contributed by atoms with Gasteiger partial charge in [0.25, 0.3) is 11.8 Å². The number of aliphatic hydroxyl groups excluding tert-OH is 1. The van der Waals surface area contributed by atoms with Crippen LogP contribution in [0.2, 0.25) is 0 Å². The van der Waals surface area contributed by atoms with E-state index < -0.39 is 34.8 Å². The summed E-state index contributed by atoms with van der Waals surface area (Å²) in [4.78, 5) is 36.0. The Morgan fingerprint density at radius 2 is 2.00 bits per heavy atom. The summed E-state index contributed by atoms with van der Waals surface area (Å²) in [5.74, 6) is -1.48. The van der Waals surface area contributed by atoms with E-state index >= 15 is 0 Å². The van der Waals surface area contributed by atoms with Crippen LogP contribution in [0.25, 0.3) is 17.4 Å². The zero-order chi connectivity index (χ0) is 22.0. The molecular weight excluding hydrogens is 394 g/mol. The molecule has 0 aliphatic carbocycles. The number of phenols is 1. The standard InChI is InChI=1S/C20H15N3O7/c1-11-14(19(26)22(6-7-24)20(27)15(11)10-21)9-13-3-5-18(30-13)12-2-4-17(25)16(8-12)23(28)29/h2-5,8-9,24-25H,6-7H2,1H3/b14-9+. The lowest BCUT2D eigenvalue weighted by Crippen LogP contribution is -2.44. The highest BCUT2D eigenvalue weighted by Gasteiger charge is 2.35. The van der Waals surface area contributed by atoms with Crippen molar-refractivity contribution in [2.75, 3.05) is 13.2 Å². The van der Waals surface area contributed by atoms with Crippen LogP contribution in [0.3, 0.4) is 0 Å². The highest BCUT2D eigenvalue weighted by atomic mass is 16.6. The number of carbonyl (C=O) groups is 2. The number of nitro benzene ring substituents is 1. The van der Waals surface area contributed by atoms with Crippen molar-refractivity contribution in [1.29, 1.82) is 5.26 Å². The van der Waals surface area contributed by atoms with E-state index in [0.717, 1.165) is 11.0 Å². The van der Waals surface area contributed by atoms with Gasteiger partial charge in [-0.2, -0.15) is 5.26 Å². The van der Waals surface area contributed by atoms with E-state index in [1.807, 2.05) is 0 Å². The molecule has 0 fully saturated rings. The van der Waals surface area contributed by atoms with Crippen LogP contribution in [-0.4, -0.2) is 45.0 Å². The first-order valence-electron chi connectivity index (χ1n) is 8.66. The number of aliphatic hydroxyl groups is 1. The normalized spacial score (nSPS) is 15.6. The molecule has 0 atom stereocenters. The summed E-state index contributed by atoms with van der Waals surface area (Å²) in [7, 11) is 0. The molecule has 2 N–H and O–H groups in total. The predicted octanol–water partition coefficient (Wildman–Crippen LogP) is 2.14. The Labute approximate surface area is 169 Å². The molecule has 0 radical (unpaired) electrons. The fourth-order valence-electron chi connectivity index (χ4n) is 2.98. The van der Waals surface area contributed by atoms with Crippen LogP contribution >= 0.6 is 0 Å². The Balaban J connectivity index is 2.03. The largest absolute Gasteiger partial charge is 0.502 e. The molecule has 1 aliphatic heterocycles. The summed E-state index contributed by atoms with van der Waals surface area (Å²) < 4.78 is 5.64. The fourth-order valence-corrected chi connectivity index (χ4v) is 2.98. The van der Waals surface area contributed by atoms with Crippen LogP contribution in [0.15, 0.2) is 51.5 Å². The highest BCUT2D eigenvalue weighted by molar-refractivity contribution is 6.19. The number of benzene rings is 1. The number of rotatable bonds is 5. The Hall–Kier alpha value is -4.23. The number of furan rings is 1. The van der Waals surface area contributed by atoms with Gasteiger partial charge in [-0.3, -0.25) is 24.6 Å². The van der Waals surface area contributed by atoms with Crippen molar-refractivity contribution in [1.82, 2.24) is 4.90 Å². The van der Waals surface area contributed by atoms with Gasteiger partial charge in [0.2, 0.25) is 0 Å². The van der Waals surface area contributed by atoms with Crippen molar-refractivity contribution in [3.05, 3.63) is 62.9 Å². The third-order valence-corrected chi connectivity index (χ3v) is 4.52. The predicted molar refractivity (Wildman–Crippen MR) is 103 cm³/mol. The summed E-state index contributed by atoms with van der Waals surface area (Å²) in [5.41, 5.74) is -0.129. The minimum Gasteiger partial charge on any atom is -0.502 e. The summed E-state index contributed by atoms with van der Waals surface area (Å²) in [5, 5.41) is 39.0. The lowest BCUT2D eigenvalue weighted by Gasteiger charge is -2.26. The number of aromatic hydroxyl groups is 1. The Morgan fingerprint density at radius 1 is 1.27 bits per heavy atom. The van der Waals surface area contributed by atoms with Gasteiger partial charge in [0, 0.05) is 17.2 Å². The molecular formula is C20H15N3O7. The quantitative estimate of drug-likeness (QED) is 0.329. The van der Waals surface area contributed by atoms with E-state index in [2.05, 4.69) is 0 Å². The molecule has 3 rings (SSSR count). The molecule has 0 spiro atoms. The maximum atomic E-state index is 12.7. The van der Waals surface area contributed by atoms with Gasteiger partial charge < -0.3 is 14.6 Å². The second-order valence-electron chi connectivity index (χ2n) is 6.32. The molecule has 152 valence electrons. The topological polar surface area (TPSA) is 158 Å². The number of β-amino-alcohol motifs (C(OH)–C–C–N with tert-alkyl or cyclic N) is 1. The minimum absolute atomic E-state index is 0.0530. The molecule has 1 aromatic heterocycles. The molecule has 2 amide bonds. The Morgan fingerprint density at radius 3 is 2.63 bits per heavy atom. The molecule has 0 unspecified atom stereocenters. The van der Waals surface area contributed by atoms with Gasteiger partial charge in [-0.1, -0.05) is 0 Å². The van der Waals surface area contributed by atoms with Gasteiger partial charge >= 0.3 is 5.69 Å². The molecule has 1 aromatic carbocycles. The van der Waals surface area contributed by atoms with E-state index in [1.54, 1.807) is 6.07 Å². The van der Waals surface area contributed by atoms with E-state index in [4.69, 9.17) is 9.52 Å². The molecule has 2 aromatic rings. The lowest BCUT2D eigenvalue weighted by molar-refractivity contribution is -0.385. The highest BCUT2D eigenvalue weighted by Crippen LogP contribution is 2.33. The molecule has 1 aliphatic rings. The van der Waals surface area contributed by atoms with Crippen molar-refractivity contribution < 1.29 is 29.1 Å². The summed E-state index contributed by atoms with van der Waals surface area (Å²) >= 11 is 0. The molecule has 10 nitrogen and oxygen atoms in total. The van der Waals surface area contributed by atoms with Gasteiger partial charge in [0.15, 0.2) is 5.75 Å². The van der Waals surface area contributed by atoms with Crippen molar-refractivity contribution in [2.24, 2.45) is 0 Å². The minimum atomic E-state index is -0.775. The van der Waals surface area contributed by atoms with Crippen LogP contribution in [0.4, 0.5) is 5.69 Å². The maximum absolute atomic E-state index is 12.7. The van der Waals surface area contributed by atoms with Crippen LogP contribution < -0.4 is 0 Å². The van der Waals surface area contributed by atoms with Gasteiger partial charge in [-0.15, -0.1) is 0 Å². The molecule has 30 heavy (non-hydrogen) atoms. The molecule has 2 heterocycles. The maximum Gasteiger partial charge on any atom is 0.311 e. The van der Waals surface area contributed by atoms with Gasteiger partial charge in [0.1, 0.15) is 23.2 Å². The van der Waals surface area contributed by atoms with E-state index in [1.165, 1.54) is 37.3 Å². The van der Waals surface area contributed by atoms with Crippen molar-refractivity contribution in [3.63, 3.8) is 0 Å². The van der Waals surface area contributed by atoms with Crippen molar-refractivity contribution >= 4 is 23.6 Å². The smallest absolute Gasteiger partial charge is 0.311 e. The van der Waals surface area contributed by atoms with Gasteiger partial charge in [-0.25, -0.2) is 0 Å². The van der Waals surface area contributed by atoms with Crippen molar-refractivity contribution in [2.45, 2.75) is 6.92 Å². The van der Waals surface area contributed by atoms with E-state index in [-0.39, 0.29) is 34.8 Å². The Bertz CT molecular complexity index is 1170. The lowest BCUT2D eigenvalue weighted by atomic mass is 9.95. The number of hydrogen-bond acceptors (Lipinski definition) is 8. The van der Waals surface area contributed by atoms with Crippen molar-refractivity contribution in [3.8, 4) is 23.1 Å². The SMILES string of the molecule is CC1=C(C#N)C(=O)N(CCO)C(=O)/C1=C/c1ccc(-c2ccc(O)c([N+](=O)[O-])c2)o1. The fraction of sp³-hybridized carbons (Fsp3) is 0.150. The van der Waals surface area contributed by atoms with Crippen LogP contribution in [0.5, 0.6) is 5.75 Å². The van der Waals surface area contributed by atoms with Crippen LogP contribution in [-0.2, 0) is 9.59 Å². The third-order valence-electron chi connectivity index (χ3n) is 4.52. The number of nitriles is 1. The second kappa shape index (κ2) is 8.02. The third kappa shape index (κ3) is 3.57. The van der Waals surface area contributed by atoms with E-state index in [0.29, 0.717) is 5.56 Å². The first-order valence-corrected chi connectivity index (χ1v) is 8.66. The van der Waals surface area contributed by atoms with Gasteiger partial charge in [-0.05, 0) is 42.8 Å². The zero-order valence-electron chi connectivity index (χ0n) is 15.7. The van der Waals surface area contributed by atoms with Gasteiger partial charge in [0.05, 0.1) is 18.1 Å². The average molecular weight is 409 g/mol. The average Bonchev–Trinajstić information content (AvgIpc) is 3.18. The number of nitrogens with zero attached hydrogens (tertiary/aromatic N) is 3. The number of phenolic OH excluding ortho intramolecular Hbond substituents is 1. The van der Waals surface area contributed by atoms with E-state index in [9.17, 15) is 30.1 Å². The number of amides is 2. The summed E-state index contributed by atoms with van der Waals surface area (Å²) in [6.45, 7) is 0.755. The number of imide groups is 1. The monoisotopic (exact) mass is 409 g/mol.